The number of carbonyl (C=O) groups excluding carboxylic acids is 1. The Morgan fingerprint density at radius 2 is 1.83 bits per heavy atom. The highest BCUT2D eigenvalue weighted by Gasteiger charge is 2.30. The predicted molar refractivity (Wildman–Crippen MR) is 92.5 cm³/mol. The number of aryl methyl sites for hydroxylation is 1. The largest absolute Gasteiger partial charge is 0.494 e. The van der Waals surface area contributed by atoms with Crippen LogP contribution in [-0.4, -0.2) is 56.3 Å². The summed E-state index contributed by atoms with van der Waals surface area (Å²) in [5, 5.41) is 0. The minimum atomic E-state index is -3.55. The van der Waals surface area contributed by atoms with Gasteiger partial charge in [0.2, 0.25) is 15.9 Å². The number of rotatable bonds is 5. The van der Waals surface area contributed by atoms with Crippen LogP contribution in [-0.2, 0) is 14.8 Å². The van der Waals surface area contributed by atoms with Crippen molar-refractivity contribution in [2.24, 2.45) is 5.92 Å². The lowest BCUT2D eigenvalue weighted by Crippen LogP contribution is -2.51. The molecule has 0 atom stereocenters. The Hall–Kier alpha value is -1.60. The van der Waals surface area contributed by atoms with Crippen LogP contribution in [0.3, 0.4) is 0 Å². The highest BCUT2D eigenvalue weighted by atomic mass is 32.2. The van der Waals surface area contributed by atoms with Gasteiger partial charge in [0.15, 0.2) is 0 Å². The van der Waals surface area contributed by atoms with Crippen molar-refractivity contribution in [3.63, 3.8) is 0 Å². The molecule has 1 aliphatic heterocycles. The molecule has 1 saturated heterocycles. The Labute approximate surface area is 144 Å². The molecule has 1 aromatic rings. The number of hydrogen-bond acceptors (Lipinski definition) is 4. The molecule has 0 bridgehead atoms. The third-order valence-electron chi connectivity index (χ3n) is 4.13. The predicted octanol–water partition coefficient (Wildman–Crippen LogP) is 1.88. The zero-order valence-corrected chi connectivity index (χ0v) is 15.6. The molecule has 1 aliphatic rings. The number of benzene rings is 1. The molecule has 0 aromatic heterocycles. The molecule has 24 heavy (non-hydrogen) atoms. The van der Waals surface area contributed by atoms with Crippen molar-refractivity contribution in [3.8, 4) is 5.75 Å². The van der Waals surface area contributed by atoms with E-state index in [1.807, 2.05) is 27.7 Å². The van der Waals surface area contributed by atoms with Crippen molar-refractivity contribution in [2.75, 3.05) is 32.8 Å². The van der Waals surface area contributed by atoms with Gasteiger partial charge in [-0.3, -0.25) is 4.79 Å². The number of hydrogen-bond donors (Lipinski definition) is 0. The minimum absolute atomic E-state index is 0.0677. The average Bonchev–Trinajstić information content (AvgIpc) is 2.56. The topological polar surface area (TPSA) is 66.9 Å². The lowest BCUT2D eigenvalue weighted by molar-refractivity contribution is -0.135. The van der Waals surface area contributed by atoms with Gasteiger partial charge in [-0.05, 0) is 37.6 Å². The van der Waals surface area contributed by atoms with Gasteiger partial charge in [0.25, 0.3) is 0 Å². The van der Waals surface area contributed by atoms with Crippen LogP contribution in [0.25, 0.3) is 0 Å². The van der Waals surface area contributed by atoms with Crippen LogP contribution in [0.2, 0.25) is 0 Å². The second-order valence-electron chi connectivity index (χ2n) is 6.24. The fourth-order valence-electron chi connectivity index (χ4n) is 2.76. The molecule has 6 nitrogen and oxygen atoms in total. The summed E-state index contributed by atoms with van der Waals surface area (Å²) in [6, 6.07) is 4.93. The van der Waals surface area contributed by atoms with Crippen LogP contribution in [0.4, 0.5) is 0 Å². The van der Waals surface area contributed by atoms with E-state index in [0.29, 0.717) is 38.5 Å². The van der Waals surface area contributed by atoms with E-state index in [9.17, 15) is 13.2 Å². The molecule has 0 spiro atoms. The summed E-state index contributed by atoms with van der Waals surface area (Å²) in [5.74, 6) is 0.703. The maximum Gasteiger partial charge on any atom is 0.243 e. The molecule has 1 aromatic carbocycles. The van der Waals surface area contributed by atoms with Gasteiger partial charge >= 0.3 is 0 Å². The molecule has 0 saturated carbocycles. The molecule has 7 heteroatoms. The van der Waals surface area contributed by atoms with Crippen molar-refractivity contribution in [1.82, 2.24) is 9.21 Å². The first kappa shape index (κ1) is 18.7. The second kappa shape index (κ2) is 7.53. The SMILES string of the molecule is CCOc1ccc(S(=O)(=O)N2CCN(C(=O)C(C)C)CC2)cc1C. The highest BCUT2D eigenvalue weighted by Crippen LogP contribution is 2.25. The van der Waals surface area contributed by atoms with E-state index in [1.165, 1.54) is 4.31 Å². The van der Waals surface area contributed by atoms with Crippen LogP contribution < -0.4 is 4.74 Å². The lowest BCUT2D eigenvalue weighted by atomic mass is 10.2. The summed E-state index contributed by atoms with van der Waals surface area (Å²) >= 11 is 0. The van der Waals surface area contributed by atoms with Gasteiger partial charge in [-0.25, -0.2) is 8.42 Å². The Bertz CT molecular complexity index is 693. The minimum Gasteiger partial charge on any atom is -0.494 e. The maximum atomic E-state index is 12.8. The van der Waals surface area contributed by atoms with Gasteiger partial charge in [-0.1, -0.05) is 13.8 Å². The van der Waals surface area contributed by atoms with Gasteiger partial charge in [-0.15, -0.1) is 0 Å². The highest BCUT2D eigenvalue weighted by molar-refractivity contribution is 7.89. The van der Waals surface area contributed by atoms with Crippen LogP contribution in [0, 0.1) is 12.8 Å². The van der Waals surface area contributed by atoms with Crippen LogP contribution in [0.15, 0.2) is 23.1 Å². The second-order valence-corrected chi connectivity index (χ2v) is 8.18. The molecular formula is C17H26N2O4S. The van der Waals surface area contributed by atoms with Gasteiger partial charge < -0.3 is 9.64 Å². The summed E-state index contributed by atoms with van der Waals surface area (Å²) in [5.41, 5.74) is 0.798. The zero-order valence-electron chi connectivity index (χ0n) is 14.8. The quantitative estimate of drug-likeness (QED) is 0.810. The monoisotopic (exact) mass is 354 g/mol. The molecule has 0 unspecified atom stereocenters. The number of nitrogens with zero attached hydrogens (tertiary/aromatic N) is 2. The molecule has 0 N–H and O–H groups in total. The number of sulfonamides is 1. The van der Waals surface area contributed by atoms with E-state index in [-0.39, 0.29) is 16.7 Å². The summed E-state index contributed by atoms with van der Waals surface area (Å²) in [7, 11) is -3.55. The maximum absolute atomic E-state index is 12.8. The molecule has 2 rings (SSSR count). The summed E-state index contributed by atoms with van der Waals surface area (Å²) in [4.78, 5) is 14.0. The third kappa shape index (κ3) is 3.89. The van der Waals surface area contributed by atoms with E-state index in [2.05, 4.69) is 0 Å². The van der Waals surface area contributed by atoms with Crippen molar-refractivity contribution < 1.29 is 17.9 Å². The van der Waals surface area contributed by atoms with Gasteiger partial charge in [0.1, 0.15) is 5.75 Å². The van der Waals surface area contributed by atoms with Crippen LogP contribution in [0.5, 0.6) is 5.75 Å². The van der Waals surface area contributed by atoms with Crippen LogP contribution in [0.1, 0.15) is 26.3 Å². The van der Waals surface area contributed by atoms with Crippen molar-refractivity contribution >= 4 is 15.9 Å². The number of amides is 1. The number of ether oxygens (including phenoxy) is 1. The molecule has 1 amide bonds. The van der Waals surface area contributed by atoms with Crippen LogP contribution >= 0.6 is 0 Å². The van der Waals surface area contributed by atoms with Gasteiger partial charge in [-0.2, -0.15) is 4.31 Å². The standard InChI is InChI=1S/C17H26N2O4S/c1-5-23-16-7-6-15(12-14(16)4)24(21,22)19-10-8-18(9-11-19)17(20)13(2)3/h6-7,12-13H,5,8-11H2,1-4H3. The number of piperazine rings is 1. The lowest BCUT2D eigenvalue weighted by Gasteiger charge is -2.34. The zero-order chi connectivity index (χ0) is 17.9. The summed E-state index contributed by atoms with van der Waals surface area (Å²) in [6.07, 6.45) is 0. The Morgan fingerprint density at radius 1 is 1.21 bits per heavy atom. The van der Waals surface area contributed by atoms with Crippen molar-refractivity contribution in [1.29, 1.82) is 0 Å². The number of carbonyl (C=O) groups is 1. The molecule has 1 fully saturated rings. The van der Waals surface area contributed by atoms with E-state index in [4.69, 9.17) is 4.74 Å². The Balaban J connectivity index is 2.12. The third-order valence-corrected chi connectivity index (χ3v) is 6.02. The molecule has 0 radical (unpaired) electrons. The van der Waals surface area contributed by atoms with Crippen molar-refractivity contribution in [3.05, 3.63) is 23.8 Å². The Morgan fingerprint density at radius 3 is 2.33 bits per heavy atom. The molecular weight excluding hydrogens is 328 g/mol. The van der Waals surface area contributed by atoms with E-state index >= 15 is 0 Å². The summed E-state index contributed by atoms with van der Waals surface area (Å²) in [6.45, 7) is 9.50. The fraction of sp³-hybridized carbons (Fsp3) is 0.588. The fourth-order valence-corrected chi connectivity index (χ4v) is 4.27. The average molecular weight is 354 g/mol. The summed E-state index contributed by atoms with van der Waals surface area (Å²) < 4.78 is 32.5. The van der Waals surface area contributed by atoms with E-state index in [0.717, 1.165) is 5.56 Å². The van der Waals surface area contributed by atoms with E-state index < -0.39 is 10.0 Å². The van der Waals surface area contributed by atoms with Gasteiger partial charge in [0.05, 0.1) is 11.5 Å². The normalized spacial score (nSPS) is 16.5. The smallest absolute Gasteiger partial charge is 0.243 e. The molecule has 0 aliphatic carbocycles. The van der Waals surface area contributed by atoms with Crippen molar-refractivity contribution in [2.45, 2.75) is 32.6 Å². The molecule has 1 heterocycles. The first-order chi connectivity index (χ1) is 11.3. The van der Waals surface area contributed by atoms with Gasteiger partial charge in [0, 0.05) is 32.1 Å². The first-order valence-corrected chi connectivity index (χ1v) is 9.73. The first-order valence-electron chi connectivity index (χ1n) is 8.29. The Kier molecular flexibility index (Phi) is 5.87. The molecule has 134 valence electrons. The van der Waals surface area contributed by atoms with E-state index in [1.54, 1.807) is 23.1 Å².